The molecular formula is C14H17ClN2O3. The lowest BCUT2D eigenvalue weighted by atomic mass is 10.2. The van der Waals surface area contributed by atoms with Crippen LogP contribution in [-0.4, -0.2) is 41.5 Å². The third-order valence-electron chi connectivity index (χ3n) is 3.29. The van der Waals surface area contributed by atoms with Crippen LogP contribution in [0.2, 0.25) is 5.02 Å². The predicted molar refractivity (Wildman–Crippen MR) is 75.9 cm³/mol. The maximum atomic E-state index is 11.9. The van der Waals surface area contributed by atoms with E-state index < -0.39 is 5.91 Å². The first-order valence-corrected chi connectivity index (χ1v) is 7.00. The van der Waals surface area contributed by atoms with E-state index in [1.54, 1.807) is 0 Å². The van der Waals surface area contributed by atoms with Crippen molar-refractivity contribution in [1.29, 1.82) is 0 Å². The Bertz CT molecular complexity index is 513. The van der Waals surface area contributed by atoms with Crippen LogP contribution in [0.3, 0.4) is 0 Å². The first-order chi connectivity index (χ1) is 9.58. The van der Waals surface area contributed by atoms with E-state index in [2.05, 4.69) is 5.32 Å². The minimum absolute atomic E-state index is 0.0538. The number of aromatic hydroxyl groups is 1. The molecular weight excluding hydrogens is 280 g/mol. The van der Waals surface area contributed by atoms with Gasteiger partial charge in [-0.1, -0.05) is 11.6 Å². The number of phenols is 1. The molecule has 1 aliphatic heterocycles. The van der Waals surface area contributed by atoms with Crippen LogP contribution < -0.4 is 5.32 Å². The molecule has 1 aliphatic rings. The minimum atomic E-state index is -0.431. The number of nitrogens with zero attached hydrogens (tertiary/aromatic N) is 1. The molecule has 1 aromatic carbocycles. The third-order valence-corrected chi connectivity index (χ3v) is 3.52. The Morgan fingerprint density at radius 3 is 2.70 bits per heavy atom. The molecule has 0 saturated carbocycles. The predicted octanol–water partition coefficient (Wildman–Crippen LogP) is 1.79. The SMILES string of the molecule is O=C(NCCC(=O)N1CCCC1)c1cc(Cl)ccc1O. The summed E-state index contributed by atoms with van der Waals surface area (Å²) >= 11 is 5.78. The van der Waals surface area contributed by atoms with Crippen LogP contribution >= 0.6 is 11.6 Å². The van der Waals surface area contributed by atoms with Gasteiger partial charge in [0, 0.05) is 31.1 Å². The van der Waals surface area contributed by atoms with Gasteiger partial charge in [0.15, 0.2) is 0 Å². The summed E-state index contributed by atoms with van der Waals surface area (Å²) in [5, 5.41) is 12.6. The molecule has 0 bridgehead atoms. The van der Waals surface area contributed by atoms with Crippen LogP contribution in [0.1, 0.15) is 29.6 Å². The first kappa shape index (κ1) is 14.7. The molecule has 5 nitrogen and oxygen atoms in total. The number of rotatable bonds is 4. The van der Waals surface area contributed by atoms with Crippen LogP contribution in [0, 0.1) is 0 Å². The highest BCUT2D eigenvalue weighted by molar-refractivity contribution is 6.31. The molecule has 20 heavy (non-hydrogen) atoms. The molecule has 0 spiro atoms. The van der Waals surface area contributed by atoms with Crippen molar-refractivity contribution >= 4 is 23.4 Å². The zero-order valence-corrected chi connectivity index (χ0v) is 11.8. The minimum Gasteiger partial charge on any atom is -0.507 e. The second-order valence-corrected chi connectivity index (χ2v) is 5.19. The Balaban J connectivity index is 1.83. The number of likely N-dealkylation sites (tertiary alicyclic amines) is 1. The highest BCUT2D eigenvalue weighted by Gasteiger charge is 2.18. The quantitative estimate of drug-likeness (QED) is 0.890. The topological polar surface area (TPSA) is 69.6 Å². The number of nitrogens with one attached hydrogen (secondary N) is 1. The van der Waals surface area contributed by atoms with Gasteiger partial charge in [-0.05, 0) is 31.0 Å². The second-order valence-electron chi connectivity index (χ2n) is 4.76. The lowest BCUT2D eigenvalue weighted by Gasteiger charge is -2.15. The molecule has 2 N–H and O–H groups in total. The van der Waals surface area contributed by atoms with Crippen LogP contribution in [0.5, 0.6) is 5.75 Å². The number of phenolic OH excluding ortho intramolecular Hbond substituents is 1. The van der Waals surface area contributed by atoms with Crippen molar-refractivity contribution in [2.75, 3.05) is 19.6 Å². The molecule has 108 valence electrons. The van der Waals surface area contributed by atoms with E-state index in [1.165, 1.54) is 18.2 Å². The smallest absolute Gasteiger partial charge is 0.255 e. The molecule has 0 unspecified atom stereocenters. The normalized spacial score (nSPS) is 14.3. The summed E-state index contributed by atoms with van der Waals surface area (Å²) < 4.78 is 0. The Kier molecular flexibility index (Phi) is 4.84. The molecule has 2 rings (SSSR count). The molecule has 1 fully saturated rings. The number of hydrogen-bond donors (Lipinski definition) is 2. The summed E-state index contributed by atoms with van der Waals surface area (Å²) in [6.45, 7) is 1.86. The maximum absolute atomic E-state index is 11.9. The van der Waals surface area contributed by atoms with Gasteiger partial charge in [-0.2, -0.15) is 0 Å². The summed E-state index contributed by atoms with van der Waals surface area (Å²) in [6.07, 6.45) is 2.37. The molecule has 6 heteroatoms. The highest BCUT2D eigenvalue weighted by atomic mass is 35.5. The van der Waals surface area contributed by atoms with Gasteiger partial charge in [0.1, 0.15) is 5.75 Å². The van der Waals surface area contributed by atoms with Crippen LogP contribution in [0.4, 0.5) is 0 Å². The number of carbonyl (C=O) groups excluding carboxylic acids is 2. The monoisotopic (exact) mass is 296 g/mol. The highest BCUT2D eigenvalue weighted by Crippen LogP contribution is 2.21. The van der Waals surface area contributed by atoms with E-state index in [4.69, 9.17) is 11.6 Å². The van der Waals surface area contributed by atoms with Gasteiger partial charge in [0.2, 0.25) is 5.91 Å². The first-order valence-electron chi connectivity index (χ1n) is 6.62. The second kappa shape index (κ2) is 6.61. The summed E-state index contributed by atoms with van der Waals surface area (Å²) in [5.74, 6) is -0.505. The van der Waals surface area contributed by atoms with Crippen molar-refractivity contribution in [3.63, 3.8) is 0 Å². The number of halogens is 1. The fraction of sp³-hybridized carbons (Fsp3) is 0.429. The molecule has 0 aliphatic carbocycles. The Morgan fingerprint density at radius 1 is 1.30 bits per heavy atom. The summed E-state index contributed by atoms with van der Waals surface area (Å²) in [7, 11) is 0. The van der Waals surface area contributed by atoms with Crippen molar-refractivity contribution in [3.8, 4) is 5.75 Å². The number of carbonyl (C=O) groups is 2. The van der Waals surface area contributed by atoms with E-state index in [9.17, 15) is 14.7 Å². The number of amides is 2. The average molecular weight is 297 g/mol. The molecule has 2 amide bonds. The van der Waals surface area contributed by atoms with Crippen molar-refractivity contribution < 1.29 is 14.7 Å². The van der Waals surface area contributed by atoms with Crippen molar-refractivity contribution in [2.45, 2.75) is 19.3 Å². The van der Waals surface area contributed by atoms with Gasteiger partial charge in [0.05, 0.1) is 5.56 Å². The van der Waals surface area contributed by atoms with Gasteiger partial charge in [0.25, 0.3) is 5.91 Å². The van der Waals surface area contributed by atoms with Gasteiger partial charge in [-0.3, -0.25) is 9.59 Å². The molecule has 1 aromatic rings. The van der Waals surface area contributed by atoms with Crippen LogP contribution in [0.25, 0.3) is 0 Å². The van der Waals surface area contributed by atoms with E-state index in [1.807, 2.05) is 4.90 Å². The van der Waals surface area contributed by atoms with Gasteiger partial charge < -0.3 is 15.3 Å². The lowest BCUT2D eigenvalue weighted by molar-refractivity contribution is -0.129. The fourth-order valence-electron chi connectivity index (χ4n) is 2.19. The number of hydrogen-bond acceptors (Lipinski definition) is 3. The summed E-state index contributed by atoms with van der Waals surface area (Å²) in [5.41, 5.74) is 0.117. The van der Waals surface area contributed by atoms with E-state index in [0.29, 0.717) is 5.02 Å². The fourth-order valence-corrected chi connectivity index (χ4v) is 2.37. The summed E-state index contributed by atoms with van der Waals surface area (Å²) in [6, 6.07) is 4.27. The largest absolute Gasteiger partial charge is 0.507 e. The molecule has 1 saturated heterocycles. The molecule has 0 atom stereocenters. The zero-order chi connectivity index (χ0) is 14.5. The van der Waals surface area contributed by atoms with E-state index in [0.717, 1.165) is 25.9 Å². The number of benzene rings is 1. The van der Waals surface area contributed by atoms with Gasteiger partial charge >= 0.3 is 0 Å². The van der Waals surface area contributed by atoms with Gasteiger partial charge in [-0.25, -0.2) is 0 Å². The Morgan fingerprint density at radius 2 is 2.00 bits per heavy atom. The van der Waals surface area contributed by atoms with E-state index in [-0.39, 0.29) is 30.2 Å². The Labute approximate surface area is 122 Å². The standard InChI is InChI=1S/C14H17ClN2O3/c15-10-3-4-12(18)11(9-10)14(20)16-6-5-13(19)17-7-1-2-8-17/h3-4,9,18H,1-2,5-8H2,(H,16,20). The van der Waals surface area contributed by atoms with E-state index >= 15 is 0 Å². The third kappa shape index (κ3) is 3.63. The van der Waals surface area contributed by atoms with Crippen molar-refractivity contribution in [1.82, 2.24) is 10.2 Å². The molecule has 0 radical (unpaired) electrons. The molecule has 1 heterocycles. The zero-order valence-electron chi connectivity index (χ0n) is 11.1. The van der Waals surface area contributed by atoms with Crippen LogP contribution in [0.15, 0.2) is 18.2 Å². The van der Waals surface area contributed by atoms with Crippen LogP contribution in [-0.2, 0) is 4.79 Å². The maximum Gasteiger partial charge on any atom is 0.255 e. The average Bonchev–Trinajstić information content (AvgIpc) is 2.95. The van der Waals surface area contributed by atoms with Crippen molar-refractivity contribution in [2.24, 2.45) is 0 Å². The summed E-state index contributed by atoms with van der Waals surface area (Å²) in [4.78, 5) is 25.5. The van der Waals surface area contributed by atoms with Crippen molar-refractivity contribution in [3.05, 3.63) is 28.8 Å². The van der Waals surface area contributed by atoms with Gasteiger partial charge in [-0.15, -0.1) is 0 Å². The lowest BCUT2D eigenvalue weighted by Crippen LogP contribution is -2.32. The molecule has 0 aromatic heterocycles. The Hall–Kier alpha value is -1.75.